The van der Waals surface area contributed by atoms with E-state index in [-0.39, 0.29) is 22.5 Å². The number of fused-ring (bicyclic) bond motifs is 2. The highest BCUT2D eigenvalue weighted by Gasteiger charge is 2.42. The van der Waals surface area contributed by atoms with Crippen LogP contribution in [0.1, 0.15) is 60.5 Å². The van der Waals surface area contributed by atoms with Crippen LogP contribution in [0.3, 0.4) is 0 Å². The summed E-state index contributed by atoms with van der Waals surface area (Å²) in [6, 6.07) is 15.0. The lowest BCUT2D eigenvalue weighted by atomic mass is 9.86. The number of para-hydroxylation sites is 1. The first-order chi connectivity index (χ1) is 14.7. The number of amides is 1. The van der Waals surface area contributed by atoms with Gasteiger partial charge in [0.15, 0.2) is 5.43 Å². The average Bonchev–Trinajstić information content (AvgIpc) is 3.00. The van der Waals surface area contributed by atoms with Crippen LogP contribution in [-0.4, -0.2) is 42.9 Å². The first-order valence-corrected chi connectivity index (χ1v) is 10.8. The Balaban J connectivity index is 1.84. The van der Waals surface area contributed by atoms with Crippen molar-refractivity contribution in [1.29, 1.82) is 0 Å². The largest absolute Gasteiger partial charge is 0.450 e. The van der Waals surface area contributed by atoms with Gasteiger partial charge in [0.25, 0.3) is 5.91 Å². The standard InChI is InChI=1S/C26H30N2O3/c1-26(2,3)18-13-11-17(12-14-18)22-21-23(29)19-9-6-7-10-20(19)31-24(21)25(30)28(22)16-8-15-27(4)5/h6-7,9-14,22H,8,15-16H2,1-5H3. The summed E-state index contributed by atoms with van der Waals surface area (Å²) in [4.78, 5) is 30.7. The van der Waals surface area contributed by atoms with Gasteiger partial charge < -0.3 is 14.2 Å². The molecule has 0 fully saturated rings. The summed E-state index contributed by atoms with van der Waals surface area (Å²) in [7, 11) is 4.03. The van der Waals surface area contributed by atoms with E-state index in [1.54, 1.807) is 17.0 Å². The summed E-state index contributed by atoms with van der Waals surface area (Å²) in [5.74, 6) is -0.0278. The average molecular weight is 419 g/mol. The second-order valence-corrected chi connectivity index (χ2v) is 9.60. The fourth-order valence-corrected chi connectivity index (χ4v) is 4.27. The molecule has 0 saturated heterocycles. The first-order valence-electron chi connectivity index (χ1n) is 10.8. The minimum Gasteiger partial charge on any atom is -0.450 e. The Bertz CT molecular complexity index is 1170. The lowest BCUT2D eigenvalue weighted by Crippen LogP contribution is -2.32. The van der Waals surface area contributed by atoms with Crippen molar-refractivity contribution in [3.05, 3.63) is 81.2 Å². The summed E-state index contributed by atoms with van der Waals surface area (Å²) in [6.45, 7) is 7.93. The van der Waals surface area contributed by atoms with E-state index in [2.05, 4.69) is 37.8 Å². The minimum atomic E-state index is -0.431. The van der Waals surface area contributed by atoms with Gasteiger partial charge in [-0.3, -0.25) is 9.59 Å². The van der Waals surface area contributed by atoms with Crippen molar-refractivity contribution >= 4 is 16.9 Å². The van der Waals surface area contributed by atoms with Gasteiger partial charge >= 0.3 is 0 Å². The van der Waals surface area contributed by atoms with Crippen molar-refractivity contribution in [3.8, 4) is 0 Å². The van der Waals surface area contributed by atoms with Crippen LogP contribution in [-0.2, 0) is 5.41 Å². The Morgan fingerprint density at radius 2 is 1.68 bits per heavy atom. The van der Waals surface area contributed by atoms with Gasteiger partial charge in [-0.1, -0.05) is 57.2 Å². The zero-order valence-electron chi connectivity index (χ0n) is 18.9. The van der Waals surface area contributed by atoms with E-state index in [1.165, 1.54) is 5.56 Å². The molecule has 162 valence electrons. The van der Waals surface area contributed by atoms with Gasteiger partial charge in [-0.15, -0.1) is 0 Å². The second-order valence-electron chi connectivity index (χ2n) is 9.60. The summed E-state index contributed by atoms with van der Waals surface area (Å²) in [6.07, 6.45) is 0.816. The Kier molecular flexibility index (Phi) is 5.48. The summed E-state index contributed by atoms with van der Waals surface area (Å²) < 4.78 is 5.98. The maximum atomic E-state index is 13.5. The first kappa shape index (κ1) is 21.3. The second kappa shape index (κ2) is 7.97. The molecule has 5 heteroatoms. The summed E-state index contributed by atoms with van der Waals surface area (Å²) >= 11 is 0. The third-order valence-corrected chi connectivity index (χ3v) is 5.97. The normalized spacial score (nSPS) is 16.4. The molecule has 1 amide bonds. The van der Waals surface area contributed by atoms with Crippen molar-refractivity contribution < 1.29 is 9.21 Å². The van der Waals surface area contributed by atoms with Crippen LogP contribution in [0.25, 0.3) is 11.0 Å². The summed E-state index contributed by atoms with van der Waals surface area (Å²) in [5, 5.41) is 0.514. The van der Waals surface area contributed by atoms with Crippen LogP contribution in [0, 0.1) is 0 Å². The molecule has 0 bridgehead atoms. The molecule has 2 heterocycles. The van der Waals surface area contributed by atoms with E-state index in [0.29, 0.717) is 23.1 Å². The Hall–Kier alpha value is -2.92. The molecule has 4 rings (SSSR count). The molecule has 3 aromatic rings. The number of hydrogen-bond donors (Lipinski definition) is 0. The fraction of sp³-hybridized carbons (Fsp3) is 0.385. The van der Waals surface area contributed by atoms with Crippen LogP contribution in [0.4, 0.5) is 0 Å². The van der Waals surface area contributed by atoms with Crippen LogP contribution in [0.15, 0.2) is 57.7 Å². The molecule has 31 heavy (non-hydrogen) atoms. The van der Waals surface area contributed by atoms with E-state index < -0.39 is 6.04 Å². The molecule has 2 aromatic carbocycles. The van der Waals surface area contributed by atoms with E-state index in [0.717, 1.165) is 18.5 Å². The minimum absolute atomic E-state index is 0.0303. The van der Waals surface area contributed by atoms with Crippen LogP contribution in [0.2, 0.25) is 0 Å². The van der Waals surface area contributed by atoms with Crippen molar-refractivity contribution in [2.75, 3.05) is 27.2 Å². The van der Waals surface area contributed by atoms with Gasteiger partial charge in [-0.25, -0.2) is 0 Å². The van der Waals surface area contributed by atoms with E-state index >= 15 is 0 Å². The Morgan fingerprint density at radius 1 is 1.00 bits per heavy atom. The highest BCUT2D eigenvalue weighted by atomic mass is 16.3. The molecule has 1 aliphatic heterocycles. The predicted octanol–water partition coefficient (Wildman–Crippen LogP) is 4.59. The molecular weight excluding hydrogens is 388 g/mol. The van der Waals surface area contributed by atoms with Crippen LogP contribution < -0.4 is 5.43 Å². The molecule has 0 spiro atoms. The third kappa shape index (κ3) is 3.90. The third-order valence-electron chi connectivity index (χ3n) is 5.97. The number of hydrogen-bond acceptors (Lipinski definition) is 4. The van der Waals surface area contributed by atoms with Crippen molar-refractivity contribution in [1.82, 2.24) is 9.80 Å². The zero-order chi connectivity index (χ0) is 22.3. The molecule has 0 N–H and O–H groups in total. The smallest absolute Gasteiger partial charge is 0.290 e. The summed E-state index contributed by atoms with van der Waals surface area (Å²) in [5.41, 5.74) is 2.97. The van der Waals surface area contributed by atoms with Crippen molar-refractivity contribution in [2.45, 2.75) is 38.6 Å². The highest BCUT2D eigenvalue weighted by molar-refractivity contribution is 5.99. The van der Waals surface area contributed by atoms with Gasteiger partial charge in [-0.05, 0) is 55.7 Å². The molecule has 0 saturated carbocycles. The molecule has 1 unspecified atom stereocenters. The van der Waals surface area contributed by atoms with E-state index in [9.17, 15) is 9.59 Å². The van der Waals surface area contributed by atoms with Gasteiger partial charge in [0.2, 0.25) is 5.76 Å². The Labute approximate surface area is 183 Å². The number of nitrogens with zero attached hydrogens (tertiary/aromatic N) is 2. The van der Waals surface area contributed by atoms with E-state index in [4.69, 9.17) is 4.42 Å². The molecule has 0 radical (unpaired) electrons. The molecular formula is C26H30N2O3. The van der Waals surface area contributed by atoms with Gasteiger partial charge in [-0.2, -0.15) is 0 Å². The van der Waals surface area contributed by atoms with Gasteiger partial charge in [0.05, 0.1) is 17.0 Å². The molecule has 1 aliphatic rings. The van der Waals surface area contributed by atoms with Gasteiger partial charge in [0, 0.05) is 6.54 Å². The van der Waals surface area contributed by atoms with Crippen molar-refractivity contribution in [2.24, 2.45) is 0 Å². The van der Waals surface area contributed by atoms with Crippen molar-refractivity contribution in [3.63, 3.8) is 0 Å². The number of carbonyl (C=O) groups excluding carboxylic acids is 1. The maximum Gasteiger partial charge on any atom is 0.290 e. The molecule has 1 aromatic heterocycles. The van der Waals surface area contributed by atoms with Gasteiger partial charge in [0.1, 0.15) is 5.58 Å². The SMILES string of the molecule is CN(C)CCCN1C(=O)c2oc3ccccc3c(=O)c2C1c1ccc(C(C)(C)C)cc1. The van der Waals surface area contributed by atoms with E-state index in [1.807, 2.05) is 38.4 Å². The lowest BCUT2D eigenvalue weighted by molar-refractivity contribution is 0.0722. The number of rotatable bonds is 5. The molecule has 5 nitrogen and oxygen atoms in total. The Morgan fingerprint density at radius 3 is 2.32 bits per heavy atom. The number of carbonyl (C=O) groups is 1. The van der Waals surface area contributed by atoms with Crippen LogP contribution >= 0.6 is 0 Å². The monoisotopic (exact) mass is 418 g/mol. The number of benzene rings is 2. The quantitative estimate of drug-likeness (QED) is 0.608. The zero-order valence-corrected chi connectivity index (χ0v) is 18.9. The fourth-order valence-electron chi connectivity index (χ4n) is 4.27. The van der Waals surface area contributed by atoms with Crippen LogP contribution in [0.5, 0.6) is 0 Å². The predicted molar refractivity (Wildman–Crippen MR) is 124 cm³/mol. The highest BCUT2D eigenvalue weighted by Crippen LogP contribution is 2.38. The molecule has 1 atom stereocenters. The lowest BCUT2D eigenvalue weighted by Gasteiger charge is -2.26. The topological polar surface area (TPSA) is 53.8 Å². The molecule has 0 aliphatic carbocycles. The maximum absolute atomic E-state index is 13.5.